The van der Waals surface area contributed by atoms with Crippen molar-refractivity contribution in [2.45, 2.75) is 66.2 Å². The first-order chi connectivity index (χ1) is 15.4. The molecular formula is C27H34BrNO4. The zero-order valence-electron chi connectivity index (χ0n) is 20.7. The summed E-state index contributed by atoms with van der Waals surface area (Å²) in [7, 11) is 3.21. The summed E-state index contributed by atoms with van der Waals surface area (Å²) in [6, 6.07) is 3.79. The highest BCUT2D eigenvalue weighted by atomic mass is 79.9. The van der Waals surface area contributed by atoms with Crippen LogP contribution in [0.15, 0.2) is 39.1 Å². The standard InChI is InChI=1S/C27H34BrNO4/c1-8-29-17-11-26(2,3)13-19(30)24(17)23(25-18(29)12-27(4,5)14-20(25)31)15-9-21(32-6)22(33-7)10-16(15)28/h9-10,23H,8,11-14H2,1-7H3. The molecule has 0 spiro atoms. The van der Waals surface area contributed by atoms with Crippen LogP contribution in [-0.2, 0) is 9.59 Å². The molecule has 6 heteroatoms. The van der Waals surface area contributed by atoms with E-state index in [0.717, 1.165) is 52.0 Å². The second-order valence-corrected chi connectivity index (χ2v) is 11.9. The van der Waals surface area contributed by atoms with Gasteiger partial charge in [0, 0.05) is 52.3 Å². The van der Waals surface area contributed by atoms with Crippen LogP contribution in [0.3, 0.4) is 0 Å². The average Bonchev–Trinajstić information content (AvgIpc) is 2.70. The van der Waals surface area contributed by atoms with Crippen molar-refractivity contribution in [2.75, 3.05) is 20.8 Å². The van der Waals surface area contributed by atoms with Crippen LogP contribution in [0.5, 0.6) is 11.5 Å². The van der Waals surface area contributed by atoms with Crippen LogP contribution in [0.25, 0.3) is 0 Å². The Labute approximate surface area is 205 Å². The average molecular weight is 516 g/mol. The molecule has 3 aliphatic rings. The highest BCUT2D eigenvalue weighted by molar-refractivity contribution is 9.10. The summed E-state index contributed by atoms with van der Waals surface area (Å²) < 4.78 is 11.9. The molecule has 0 amide bonds. The number of hydrogen-bond donors (Lipinski definition) is 0. The second kappa shape index (κ2) is 8.30. The summed E-state index contributed by atoms with van der Waals surface area (Å²) in [5, 5.41) is 0. The Hall–Kier alpha value is -2.08. The third-order valence-corrected chi connectivity index (χ3v) is 7.84. The van der Waals surface area contributed by atoms with Crippen molar-refractivity contribution in [3.05, 3.63) is 44.7 Å². The number of ether oxygens (including phenoxy) is 2. The van der Waals surface area contributed by atoms with Gasteiger partial charge < -0.3 is 14.4 Å². The van der Waals surface area contributed by atoms with Gasteiger partial charge in [0.25, 0.3) is 0 Å². The summed E-state index contributed by atoms with van der Waals surface area (Å²) >= 11 is 3.72. The lowest BCUT2D eigenvalue weighted by atomic mass is 9.63. The predicted octanol–water partition coefficient (Wildman–Crippen LogP) is 6.17. The molecule has 1 aromatic carbocycles. The molecule has 0 saturated carbocycles. The fourth-order valence-corrected chi connectivity index (χ4v) is 6.38. The van der Waals surface area contributed by atoms with Gasteiger partial charge in [0.2, 0.25) is 0 Å². The van der Waals surface area contributed by atoms with Gasteiger partial charge in [0.15, 0.2) is 23.1 Å². The van der Waals surface area contributed by atoms with Gasteiger partial charge in [-0.25, -0.2) is 0 Å². The van der Waals surface area contributed by atoms with Crippen molar-refractivity contribution in [1.29, 1.82) is 0 Å². The van der Waals surface area contributed by atoms with E-state index in [9.17, 15) is 9.59 Å². The van der Waals surface area contributed by atoms with Crippen LogP contribution in [-0.4, -0.2) is 37.2 Å². The number of carbonyl (C=O) groups is 2. The zero-order valence-corrected chi connectivity index (χ0v) is 22.3. The lowest BCUT2D eigenvalue weighted by molar-refractivity contribution is -0.119. The van der Waals surface area contributed by atoms with E-state index in [-0.39, 0.29) is 22.4 Å². The van der Waals surface area contributed by atoms with Crippen molar-refractivity contribution in [1.82, 2.24) is 4.90 Å². The molecule has 33 heavy (non-hydrogen) atoms. The van der Waals surface area contributed by atoms with E-state index < -0.39 is 5.92 Å². The smallest absolute Gasteiger partial charge is 0.162 e. The summed E-state index contributed by atoms with van der Waals surface area (Å²) in [6.45, 7) is 11.5. The molecule has 1 aliphatic heterocycles. The molecule has 0 unspecified atom stereocenters. The topological polar surface area (TPSA) is 55.8 Å². The SMILES string of the molecule is CCN1C2=C(C(=O)CC(C)(C)C2)C(c2cc(OC)c(OC)cc2Br)C2=C1CC(C)(C)CC2=O. The molecule has 0 saturated heterocycles. The number of benzene rings is 1. The molecule has 0 radical (unpaired) electrons. The molecule has 4 rings (SSSR count). The lowest BCUT2D eigenvalue weighted by Gasteiger charge is -2.49. The fraction of sp³-hybridized carbons (Fsp3) is 0.556. The van der Waals surface area contributed by atoms with Crippen LogP contribution in [0.2, 0.25) is 0 Å². The van der Waals surface area contributed by atoms with Crippen LogP contribution in [0.4, 0.5) is 0 Å². The van der Waals surface area contributed by atoms with Gasteiger partial charge in [-0.3, -0.25) is 9.59 Å². The van der Waals surface area contributed by atoms with Gasteiger partial charge in [-0.05, 0) is 48.3 Å². The highest BCUT2D eigenvalue weighted by Crippen LogP contribution is 2.55. The molecule has 0 N–H and O–H groups in total. The number of Topliss-reactive ketones (excluding diaryl/α,β-unsaturated/α-hetero) is 2. The Morgan fingerprint density at radius 1 is 0.879 bits per heavy atom. The number of rotatable bonds is 4. The van der Waals surface area contributed by atoms with Gasteiger partial charge >= 0.3 is 0 Å². The Bertz CT molecular complexity index is 1040. The molecule has 0 bridgehead atoms. The number of carbonyl (C=O) groups excluding carboxylic acids is 2. The van der Waals surface area contributed by atoms with Crippen LogP contribution in [0.1, 0.15) is 71.8 Å². The minimum absolute atomic E-state index is 0.116. The minimum atomic E-state index is -0.404. The summed E-state index contributed by atoms with van der Waals surface area (Å²) in [6.07, 6.45) is 2.59. The maximum atomic E-state index is 13.7. The van der Waals surface area contributed by atoms with Gasteiger partial charge in [-0.2, -0.15) is 0 Å². The summed E-state index contributed by atoms with van der Waals surface area (Å²) in [5.74, 6) is 1.06. The number of hydrogen-bond acceptors (Lipinski definition) is 5. The van der Waals surface area contributed by atoms with E-state index in [2.05, 4.69) is 55.4 Å². The Kier molecular flexibility index (Phi) is 6.05. The summed E-state index contributed by atoms with van der Waals surface area (Å²) in [4.78, 5) is 29.7. The Morgan fingerprint density at radius 2 is 1.33 bits per heavy atom. The van der Waals surface area contributed by atoms with Gasteiger partial charge in [0.1, 0.15) is 0 Å². The Morgan fingerprint density at radius 3 is 1.76 bits per heavy atom. The van der Waals surface area contributed by atoms with Gasteiger partial charge in [-0.15, -0.1) is 0 Å². The first-order valence-corrected chi connectivity index (χ1v) is 12.4. The van der Waals surface area contributed by atoms with E-state index in [1.807, 2.05) is 12.1 Å². The van der Waals surface area contributed by atoms with Crippen LogP contribution in [0, 0.1) is 10.8 Å². The van der Waals surface area contributed by atoms with Crippen molar-refractivity contribution in [3.63, 3.8) is 0 Å². The number of allylic oxidation sites excluding steroid dienone is 4. The largest absolute Gasteiger partial charge is 0.493 e. The van der Waals surface area contributed by atoms with Crippen molar-refractivity contribution in [3.8, 4) is 11.5 Å². The van der Waals surface area contributed by atoms with Gasteiger partial charge in [-0.1, -0.05) is 43.6 Å². The molecule has 1 aromatic rings. The van der Waals surface area contributed by atoms with E-state index in [4.69, 9.17) is 9.47 Å². The molecule has 0 fully saturated rings. The predicted molar refractivity (Wildman–Crippen MR) is 132 cm³/mol. The van der Waals surface area contributed by atoms with Crippen molar-refractivity contribution >= 4 is 27.5 Å². The first-order valence-electron chi connectivity index (χ1n) is 11.6. The molecule has 178 valence electrons. The molecular weight excluding hydrogens is 482 g/mol. The third-order valence-electron chi connectivity index (χ3n) is 7.15. The fourth-order valence-electron chi connectivity index (χ4n) is 5.83. The van der Waals surface area contributed by atoms with Crippen LogP contribution >= 0.6 is 15.9 Å². The maximum Gasteiger partial charge on any atom is 0.162 e. The number of halogens is 1. The summed E-state index contributed by atoms with van der Waals surface area (Å²) in [5.41, 5.74) is 4.35. The van der Waals surface area contributed by atoms with Crippen molar-refractivity contribution < 1.29 is 19.1 Å². The number of methoxy groups -OCH3 is 2. The zero-order chi connectivity index (χ0) is 24.3. The number of ketones is 2. The van der Waals surface area contributed by atoms with E-state index in [0.29, 0.717) is 24.3 Å². The number of nitrogens with zero attached hydrogens (tertiary/aromatic N) is 1. The highest BCUT2D eigenvalue weighted by Gasteiger charge is 2.49. The second-order valence-electron chi connectivity index (χ2n) is 11.0. The molecule has 0 aromatic heterocycles. The lowest BCUT2D eigenvalue weighted by Crippen LogP contribution is -2.44. The van der Waals surface area contributed by atoms with Crippen LogP contribution < -0.4 is 9.47 Å². The maximum absolute atomic E-state index is 13.7. The molecule has 0 atom stereocenters. The third kappa shape index (κ3) is 4.05. The van der Waals surface area contributed by atoms with E-state index >= 15 is 0 Å². The molecule has 5 nitrogen and oxygen atoms in total. The normalized spacial score (nSPS) is 22.4. The minimum Gasteiger partial charge on any atom is -0.493 e. The monoisotopic (exact) mass is 515 g/mol. The Balaban J connectivity index is 2.03. The quantitative estimate of drug-likeness (QED) is 0.479. The van der Waals surface area contributed by atoms with Gasteiger partial charge in [0.05, 0.1) is 14.2 Å². The van der Waals surface area contributed by atoms with E-state index in [1.54, 1.807) is 14.2 Å². The first kappa shape index (κ1) is 24.1. The molecule has 2 aliphatic carbocycles. The van der Waals surface area contributed by atoms with E-state index in [1.165, 1.54) is 0 Å². The molecule has 1 heterocycles. The van der Waals surface area contributed by atoms with Crippen molar-refractivity contribution in [2.24, 2.45) is 10.8 Å².